The lowest BCUT2D eigenvalue weighted by atomic mass is 10.1. The van der Waals surface area contributed by atoms with Crippen molar-refractivity contribution in [2.45, 2.75) is 26.2 Å². The Morgan fingerprint density at radius 2 is 1.47 bits per heavy atom. The summed E-state index contributed by atoms with van der Waals surface area (Å²) in [6.45, 7) is 1.87. The van der Waals surface area contributed by atoms with E-state index in [-0.39, 0.29) is 17.3 Å². The highest BCUT2D eigenvalue weighted by molar-refractivity contribution is 7.27. The standard InChI is InChI=1S/C10H11F4P/c1-2-3-4-5-6(11)7(12)8(13)9(14)10(5)15/h2-4,15H2,1H3. The molecule has 1 unspecified atom stereocenters. The zero-order valence-electron chi connectivity index (χ0n) is 8.21. The average molecular weight is 238 g/mol. The summed E-state index contributed by atoms with van der Waals surface area (Å²) in [5, 5.41) is -0.222. The Balaban J connectivity index is 3.26. The second kappa shape index (κ2) is 4.93. The normalized spacial score (nSPS) is 10.8. The second-order valence-corrected chi connectivity index (χ2v) is 3.83. The maximum absolute atomic E-state index is 13.2. The van der Waals surface area contributed by atoms with E-state index in [1.54, 1.807) is 0 Å². The first kappa shape index (κ1) is 12.4. The Labute approximate surface area is 87.9 Å². The third kappa shape index (κ3) is 2.31. The summed E-state index contributed by atoms with van der Waals surface area (Å²) in [4.78, 5) is 0. The van der Waals surface area contributed by atoms with E-state index in [4.69, 9.17) is 0 Å². The average Bonchev–Trinajstić information content (AvgIpc) is 2.24. The van der Waals surface area contributed by atoms with Gasteiger partial charge < -0.3 is 0 Å². The minimum atomic E-state index is -1.75. The summed E-state index contributed by atoms with van der Waals surface area (Å²) in [5.41, 5.74) is -0.0988. The Kier molecular flexibility index (Phi) is 4.09. The van der Waals surface area contributed by atoms with Crippen molar-refractivity contribution in [2.24, 2.45) is 0 Å². The van der Waals surface area contributed by atoms with Gasteiger partial charge in [0.25, 0.3) is 0 Å². The van der Waals surface area contributed by atoms with Crippen LogP contribution in [-0.2, 0) is 6.42 Å². The molecule has 1 aromatic carbocycles. The minimum Gasteiger partial charge on any atom is -0.203 e. The first-order valence-corrected chi connectivity index (χ1v) is 5.18. The molecule has 0 nitrogen and oxygen atoms in total. The van der Waals surface area contributed by atoms with Gasteiger partial charge in [-0.3, -0.25) is 0 Å². The van der Waals surface area contributed by atoms with Crippen molar-refractivity contribution in [3.05, 3.63) is 28.8 Å². The van der Waals surface area contributed by atoms with Crippen LogP contribution in [0.4, 0.5) is 17.6 Å². The molecule has 0 fully saturated rings. The Morgan fingerprint density at radius 3 is 2.00 bits per heavy atom. The maximum atomic E-state index is 13.2. The van der Waals surface area contributed by atoms with Crippen LogP contribution >= 0.6 is 9.24 Å². The summed E-state index contributed by atoms with van der Waals surface area (Å²) in [7, 11) is 1.91. The molecule has 1 aromatic rings. The van der Waals surface area contributed by atoms with Gasteiger partial charge in [0.15, 0.2) is 23.3 Å². The molecule has 0 radical (unpaired) electrons. The number of unbranched alkanes of at least 4 members (excludes halogenated alkanes) is 1. The molecular weight excluding hydrogens is 227 g/mol. The van der Waals surface area contributed by atoms with Crippen molar-refractivity contribution in [1.29, 1.82) is 0 Å². The van der Waals surface area contributed by atoms with Gasteiger partial charge in [0.1, 0.15) is 0 Å². The maximum Gasteiger partial charge on any atom is 0.198 e. The number of benzene rings is 1. The van der Waals surface area contributed by atoms with Crippen LogP contribution in [0.1, 0.15) is 25.3 Å². The molecule has 5 heteroatoms. The van der Waals surface area contributed by atoms with Crippen molar-refractivity contribution in [3.8, 4) is 0 Å². The third-order valence-electron chi connectivity index (χ3n) is 2.18. The zero-order valence-corrected chi connectivity index (χ0v) is 9.37. The van der Waals surface area contributed by atoms with E-state index in [1.807, 2.05) is 16.2 Å². The summed E-state index contributed by atoms with van der Waals surface area (Å²) in [6, 6.07) is 0. The SMILES string of the molecule is CCCCc1c(F)c(F)c(F)c(F)c1P. The summed E-state index contributed by atoms with van der Waals surface area (Å²) >= 11 is 0. The van der Waals surface area contributed by atoms with Crippen LogP contribution in [0, 0.1) is 23.3 Å². The molecule has 1 rings (SSSR count). The summed E-state index contributed by atoms with van der Waals surface area (Å²) < 4.78 is 51.9. The van der Waals surface area contributed by atoms with Crippen molar-refractivity contribution in [1.82, 2.24) is 0 Å². The van der Waals surface area contributed by atoms with Crippen LogP contribution in [-0.4, -0.2) is 0 Å². The quantitative estimate of drug-likeness (QED) is 0.328. The van der Waals surface area contributed by atoms with E-state index in [1.165, 1.54) is 0 Å². The van der Waals surface area contributed by atoms with Gasteiger partial charge in [-0.15, -0.1) is 9.24 Å². The highest BCUT2D eigenvalue weighted by atomic mass is 31.0. The van der Waals surface area contributed by atoms with Crippen molar-refractivity contribution < 1.29 is 17.6 Å². The molecule has 0 heterocycles. The topological polar surface area (TPSA) is 0 Å². The van der Waals surface area contributed by atoms with Gasteiger partial charge in [-0.25, -0.2) is 17.6 Å². The van der Waals surface area contributed by atoms with Crippen LogP contribution in [0.25, 0.3) is 0 Å². The number of halogens is 4. The largest absolute Gasteiger partial charge is 0.203 e. The van der Waals surface area contributed by atoms with Crippen LogP contribution in [0.2, 0.25) is 0 Å². The molecule has 15 heavy (non-hydrogen) atoms. The summed E-state index contributed by atoms with van der Waals surface area (Å²) in [5.74, 6) is -6.10. The van der Waals surface area contributed by atoms with Gasteiger partial charge in [-0.05, 0) is 12.8 Å². The third-order valence-corrected chi connectivity index (χ3v) is 2.79. The predicted octanol–water partition coefficient (Wildman–Crippen LogP) is 3.09. The van der Waals surface area contributed by atoms with Crippen LogP contribution in [0.5, 0.6) is 0 Å². The van der Waals surface area contributed by atoms with E-state index < -0.39 is 23.3 Å². The van der Waals surface area contributed by atoms with Crippen LogP contribution in [0.15, 0.2) is 0 Å². The molecule has 0 aliphatic heterocycles. The Bertz CT molecular complexity index is 347. The highest BCUT2D eigenvalue weighted by Crippen LogP contribution is 2.20. The van der Waals surface area contributed by atoms with Crippen LogP contribution in [0.3, 0.4) is 0 Å². The smallest absolute Gasteiger partial charge is 0.198 e. The Morgan fingerprint density at radius 1 is 0.933 bits per heavy atom. The van der Waals surface area contributed by atoms with Crippen molar-refractivity contribution in [2.75, 3.05) is 0 Å². The fourth-order valence-electron chi connectivity index (χ4n) is 1.29. The number of rotatable bonds is 3. The lowest BCUT2D eigenvalue weighted by Crippen LogP contribution is -2.15. The molecule has 0 bridgehead atoms. The number of hydrogen-bond donors (Lipinski definition) is 0. The van der Waals surface area contributed by atoms with Crippen LogP contribution < -0.4 is 5.30 Å². The van der Waals surface area contributed by atoms with Gasteiger partial charge in [0, 0.05) is 10.9 Å². The van der Waals surface area contributed by atoms with E-state index >= 15 is 0 Å². The molecule has 0 aromatic heterocycles. The fraction of sp³-hybridized carbons (Fsp3) is 0.400. The zero-order chi connectivity index (χ0) is 11.6. The molecule has 0 aliphatic carbocycles. The summed E-state index contributed by atoms with van der Waals surface area (Å²) in [6.07, 6.45) is 1.57. The van der Waals surface area contributed by atoms with Gasteiger partial charge in [-0.1, -0.05) is 13.3 Å². The van der Waals surface area contributed by atoms with Crippen molar-refractivity contribution >= 4 is 14.5 Å². The molecule has 84 valence electrons. The predicted molar refractivity (Wildman–Crippen MR) is 54.2 cm³/mol. The first-order chi connectivity index (χ1) is 7.00. The second-order valence-electron chi connectivity index (χ2n) is 3.25. The highest BCUT2D eigenvalue weighted by Gasteiger charge is 2.22. The molecule has 1 atom stereocenters. The molecule has 0 amide bonds. The van der Waals surface area contributed by atoms with Gasteiger partial charge in [0.05, 0.1) is 0 Å². The Hall–Kier alpha value is -0.630. The van der Waals surface area contributed by atoms with Crippen molar-refractivity contribution in [3.63, 3.8) is 0 Å². The lowest BCUT2D eigenvalue weighted by Gasteiger charge is -2.09. The molecule has 0 aliphatic rings. The van der Waals surface area contributed by atoms with E-state index in [9.17, 15) is 17.6 Å². The van der Waals surface area contributed by atoms with Gasteiger partial charge >= 0.3 is 0 Å². The lowest BCUT2D eigenvalue weighted by molar-refractivity contribution is 0.407. The molecule has 0 spiro atoms. The fourth-order valence-corrected chi connectivity index (χ4v) is 1.69. The van der Waals surface area contributed by atoms with E-state index in [0.717, 1.165) is 6.42 Å². The molecule has 0 saturated heterocycles. The molecule has 0 saturated carbocycles. The molecule has 0 N–H and O–H groups in total. The van der Waals surface area contributed by atoms with E-state index in [0.29, 0.717) is 6.42 Å². The molecular formula is C10H11F4P. The van der Waals surface area contributed by atoms with E-state index in [2.05, 4.69) is 0 Å². The minimum absolute atomic E-state index is 0.0988. The first-order valence-electron chi connectivity index (χ1n) is 4.61. The monoisotopic (exact) mass is 238 g/mol. The number of hydrogen-bond acceptors (Lipinski definition) is 0. The van der Waals surface area contributed by atoms with Gasteiger partial charge in [-0.2, -0.15) is 0 Å². The van der Waals surface area contributed by atoms with Gasteiger partial charge in [0.2, 0.25) is 0 Å².